The van der Waals surface area contributed by atoms with E-state index in [1.165, 1.54) is 0 Å². The number of rotatable bonds is 1. The summed E-state index contributed by atoms with van der Waals surface area (Å²) < 4.78 is 127. The van der Waals surface area contributed by atoms with Gasteiger partial charge < -0.3 is 10.6 Å². The SMILES string of the molecule is [2H]c1c([2H])c(N2C([2H])([2H])C([2H])([2H])C([2H])(C([2H])([2H])[2H])C([2H])([2H])C2([2H])[2H])c([2H])c([2H])c1N. The largest absolute Gasteiger partial charge is 0.399 e. The number of nitrogens with zero attached hydrogens (tertiary/aromatic N) is 1. The van der Waals surface area contributed by atoms with Crippen LogP contribution in [0, 0.1) is 5.89 Å². The van der Waals surface area contributed by atoms with Crippen LogP contribution in [0.5, 0.6) is 0 Å². The zero-order valence-electron chi connectivity index (χ0n) is 23.0. The van der Waals surface area contributed by atoms with E-state index < -0.39 is 74.0 Å². The van der Waals surface area contributed by atoms with Crippen LogP contribution in [0.3, 0.4) is 0 Å². The van der Waals surface area contributed by atoms with Gasteiger partial charge in [-0.15, -0.1) is 0 Å². The molecule has 2 heteroatoms. The van der Waals surface area contributed by atoms with Gasteiger partial charge in [0.2, 0.25) is 0 Å². The maximum absolute atomic E-state index is 8.20. The Morgan fingerprint density at radius 1 is 1.50 bits per heavy atom. The molecule has 2 N–H and O–H groups in total. The average Bonchev–Trinajstić information content (AvgIpc) is 2.58. The summed E-state index contributed by atoms with van der Waals surface area (Å²) in [6.07, 6.45) is -7.85. The van der Waals surface area contributed by atoms with E-state index in [1.807, 2.05) is 0 Å². The summed E-state index contributed by atoms with van der Waals surface area (Å²) >= 11 is 0. The number of nitrogens with two attached hydrogens (primary N) is 1. The lowest BCUT2D eigenvalue weighted by atomic mass is 9.99. The van der Waals surface area contributed by atoms with Crippen molar-refractivity contribution in [1.29, 1.82) is 0 Å². The lowest BCUT2D eigenvalue weighted by Crippen LogP contribution is -2.32. The zero-order valence-corrected chi connectivity index (χ0v) is 7.02. The summed E-state index contributed by atoms with van der Waals surface area (Å²) in [5.74, 6) is -3.96. The Morgan fingerprint density at radius 2 is 2.14 bits per heavy atom. The van der Waals surface area contributed by atoms with Gasteiger partial charge in [-0.25, -0.2) is 0 Å². The van der Waals surface area contributed by atoms with Gasteiger partial charge in [-0.2, -0.15) is 0 Å². The van der Waals surface area contributed by atoms with E-state index in [2.05, 4.69) is 0 Å². The van der Waals surface area contributed by atoms with Crippen molar-refractivity contribution in [2.45, 2.75) is 19.6 Å². The second kappa shape index (κ2) is 3.91. The van der Waals surface area contributed by atoms with Gasteiger partial charge in [0.1, 0.15) is 0 Å². The number of anilines is 2. The van der Waals surface area contributed by atoms with E-state index in [9.17, 15) is 0 Å². The van der Waals surface area contributed by atoms with E-state index in [0.29, 0.717) is 0 Å². The zero-order chi connectivity index (χ0) is 24.0. The summed E-state index contributed by atoms with van der Waals surface area (Å²) in [5.41, 5.74) is 3.64. The Kier molecular flexibility index (Phi) is 0.562. The van der Waals surface area contributed by atoms with Crippen molar-refractivity contribution in [2.24, 2.45) is 5.89 Å². The van der Waals surface area contributed by atoms with Crippen LogP contribution >= 0.6 is 0 Å². The van der Waals surface area contributed by atoms with Crippen molar-refractivity contribution in [2.75, 3.05) is 23.6 Å². The topological polar surface area (TPSA) is 29.3 Å². The Hall–Kier alpha value is -1.18. The maximum atomic E-state index is 8.20. The van der Waals surface area contributed by atoms with Crippen molar-refractivity contribution >= 4 is 11.4 Å². The van der Waals surface area contributed by atoms with Gasteiger partial charge in [0.15, 0.2) is 0 Å². The van der Waals surface area contributed by atoms with Crippen LogP contribution in [0.2, 0.25) is 0 Å². The quantitative estimate of drug-likeness (QED) is 0.715. The second-order valence-corrected chi connectivity index (χ2v) is 2.45. The fourth-order valence-electron chi connectivity index (χ4n) is 0.822. The first-order chi connectivity index (χ1) is 13.0. The fourth-order valence-corrected chi connectivity index (χ4v) is 0.822. The highest BCUT2D eigenvalue weighted by Crippen LogP contribution is 2.23. The molecule has 0 saturated carbocycles. The first kappa shape index (κ1) is 2.01. The molecule has 0 atom stereocenters. The molecule has 2 nitrogen and oxygen atoms in total. The third-order valence-electron chi connectivity index (χ3n) is 1.44. The Bertz CT molecular complexity index is 830. The number of hydrogen-bond donors (Lipinski definition) is 1. The lowest BCUT2D eigenvalue weighted by molar-refractivity contribution is 0.438. The first-order valence-electron chi connectivity index (χ1n) is 11.7. The monoisotopic (exact) mass is 206 g/mol. The number of hydrogen-bond acceptors (Lipinski definition) is 2. The highest BCUT2D eigenvalue weighted by Gasteiger charge is 2.15. The minimum atomic E-state index is -3.96. The Morgan fingerprint density at radius 3 is 2.71 bits per heavy atom. The Labute approximate surface area is 108 Å². The van der Waals surface area contributed by atoms with E-state index in [0.717, 1.165) is 0 Å². The summed E-state index contributed by atoms with van der Waals surface area (Å²) in [6, 6.07) is -3.98. The lowest BCUT2D eigenvalue weighted by Gasteiger charge is -2.32. The Balaban J connectivity index is 3.07. The van der Waals surface area contributed by atoms with Crippen molar-refractivity contribution in [3.8, 4) is 0 Å². The van der Waals surface area contributed by atoms with Crippen LogP contribution in [-0.4, -0.2) is 13.0 Å². The average molecular weight is 206 g/mol. The van der Waals surface area contributed by atoms with E-state index >= 15 is 0 Å². The van der Waals surface area contributed by atoms with E-state index in [-0.39, 0.29) is 4.90 Å². The van der Waals surface area contributed by atoms with E-state index in [4.69, 9.17) is 27.7 Å². The second-order valence-electron chi connectivity index (χ2n) is 2.45. The molecular weight excluding hydrogens is 172 g/mol. The van der Waals surface area contributed by atoms with Crippen molar-refractivity contribution < 1.29 is 21.9 Å². The smallest absolute Gasteiger partial charge is 0.0645 e. The number of benzene rings is 1. The third-order valence-corrected chi connectivity index (χ3v) is 1.44. The molecule has 0 amide bonds. The molecule has 1 aromatic rings. The van der Waals surface area contributed by atoms with Gasteiger partial charge in [0.25, 0.3) is 0 Å². The summed E-state index contributed by atoms with van der Waals surface area (Å²) in [4.78, 5) is -0.293. The van der Waals surface area contributed by atoms with Gasteiger partial charge in [0, 0.05) is 40.8 Å². The molecule has 0 aliphatic carbocycles. The molecule has 1 saturated heterocycles. The summed E-state index contributed by atoms with van der Waals surface area (Å²) in [7, 11) is 0. The number of nitrogen functional groups attached to an aromatic ring is 1. The highest BCUT2D eigenvalue weighted by molar-refractivity contribution is 5.53. The fraction of sp³-hybridized carbons (Fsp3) is 0.500. The molecule has 1 aliphatic rings. The van der Waals surface area contributed by atoms with Crippen molar-refractivity contribution in [3.63, 3.8) is 0 Å². The standard InChI is InChI=1S/C12H18N2/c1-10-6-8-14(9-7-10)12-4-2-11(13)3-5-12/h2-5,10H,6-9,13H2,1H3/i1D3,2D,3D,4D,5D,6D2,7D2,8D2,9D2,10D. The van der Waals surface area contributed by atoms with Crippen LogP contribution < -0.4 is 10.6 Å². The molecule has 0 spiro atoms. The molecule has 1 aliphatic heterocycles. The van der Waals surface area contributed by atoms with Crippen molar-refractivity contribution in [3.05, 3.63) is 24.2 Å². The van der Waals surface area contributed by atoms with E-state index in [1.54, 1.807) is 0 Å². The van der Waals surface area contributed by atoms with Crippen molar-refractivity contribution in [1.82, 2.24) is 0 Å². The van der Waals surface area contributed by atoms with Gasteiger partial charge in [-0.05, 0) is 42.8 Å². The molecule has 0 unspecified atom stereocenters. The molecule has 76 valence electrons. The van der Waals surface area contributed by atoms with Crippen LogP contribution in [0.1, 0.15) is 41.5 Å². The van der Waals surface area contributed by atoms with Gasteiger partial charge in [-0.3, -0.25) is 0 Å². The van der Waals surface area contributed by atoms with Crippen LogP contribution in [0.25, 0.3) is 0 Å². The molecular formula is C12H18N2. The predicted molar refractivity (Wildman–Crippen MR) is 61.5 cm³/mol. The maximum Gasteiger partial charge on any atom is 0.0645 e. The summed E-state index contributed by atoms with van der Waals surface area (Å²) in [6.45, 7) is -11.4. The van der Waals surface area contributed by atoms with Crippen LogP contribution in [0.4, 0.5) is 11.4 Å². The highest BCUT2D eigenvalue weighted by atomic mass is 15.1. The minimum absolute atomic E-state index is 0.293. The van der Waals surface area contributed by atoms with Gasteiger partial charge >= 0.3 is 0 Å². The molecule has 14 heavy (non-hydrogen) atoms. The molecule has 1 aromatic carbocycles. The molecule has 2 rings (SSSR count). The van der Waals surface area contributed by atoms with Crippen LogP contribution in [-0.2, 0) is 0 Å². The number of piperidine rings is 1. The summed E-state index contributed by atoms with van der Waals surface area (Å²) in [5, 5.41) is 0. The first-order valence-corrected chi connectivity index (χ1v) is 3.71. The molecule has 0 radical (unpaired) electrons. The predicted octanol–water partition coefficient (Wildman–Crippen LogP) is 2.51. The molecule has 0 bridgehead atoms. The molecule has 1 heterocycles. The minimum Gasteiger partial charge on any atom is -0.399 e. The van der Waals surface area contributed by atoms with Gasteiger partial charge in [0.05, 0.1) is 5.48 Å². The normalized spacial score (nSPS) is 52.7. The van der Waals surface area contributed by atoms with Gasteiger partial charge in [-0.1, -0.05) is 6.85 Å². The molecule has 0 aromatic heterocycles. The molecule has 1 fully saturated rings. The van der Waals surface area contributed by atoms with Crippen LogP contribution in [0.15, 0.2) is 24.2 Å². The third kappa shape index (κ3) is 2.00.